The van der Waals surface area contributed by atoms with E-state index in [1.54, 1.807) is 13.8 Å². The second-order valence-corrected chi connectivity index (χ2v) is 7.10. The van der Waals surface area contributed by atoms with Crippen LogP contribution in [0.2, 0.25) is 5.15 Å². The lowest BCUT2D eigenvalue weighted by molar-refractivity contribution is -0.137. The molecule has 0 spiro atoms. The number of methoxy groups -OCH3 is 2. The van der Waals surface area contributed by atoms with Gasteiger partial charge in [-0.25, -0.2) is 14.6 Å². The van der Waals surface area contributed by atoms with Crippen molar-refractivity contribution in [3.63, 3.8) is 0 Å². The third-order valence-corrected chi connectivity index (χ3v) is 5.59. The molecular formula is C17H18ClN3O4S. The van der Waals surface area contributed by atoms with Crippen LogP contribution >= 0.6 is 22.9 Å². The smallest absolute Gasteiger partial charge is 0.336 e. The Balaban J connectivity index is 2.37. The summed E-state index contributed by atoms with van der Waals surface area (Å²) in [7, 11) is 2.60. The van der Waals surface area contributed by atoms with E-state index in [9.17, 15) is 9.59 Å². The number of hydrogen-bond acceptors (Lipinski definition) is 7. The van der Waals surface area contributed by atoms with E-state index in [-0.39, 0.29) is 5.15 Å². The molecule has 3 heterocycles. The molecule has 2 aromatic rings. The molecule has 0 unspecified atom stereocenters. The zero-order valence-electron chi connectivity index (χ0n) is 15.0. The second kappa shape index (κ2) is 6.77. The monoisotopic (exact) mass is 395 g/mol. The van der Waals surface area contributed by atoms with Crippen LogP contribution in [0.15, 0.2) is 27.9 Å². The third-order valence-electron chi connectivity index (χ3n) is 4.37. The normalized spacial score (nSPS) is 15.5. The quantitative estimate of drug-likeness (QED) is 0.804. The Bertz CT molecular complexity index is 948. The Morgan fingerprint density at radius 1 is 1.15 bits per heavy atom. The van der Waals surface area contributed by atoms with E-state index in [1.165, 1.54) is 25.6 Å². The molecular weight excluding hydrogens is 378 g/mol. The number of carbonyl (C=O) groups is 2. The SMILES string of the molecule is COC(=O)C1=C(C)NC(C)=C(C(=O)OC)C1c1c(Cl)nc2scc(C)n12. The van der Waals surface area contributed by atoms with Gasteiger partial charge < -0.3 is 14.8 Å². The summed E-state index contributed by atoms with van der Waals surface area (Å²) in [5.74, 6) is -1.85. The molecule has 0 bridgehead atoms. The molecule has 3 rings (SSSR count). The molecule has 26 heavy (non-hydrogen) atoms. The van der Waals surface area contributed by atoms with Gasteiger partial charge in [0, 0.05) is 22.5 Å². The number of halogens is 1. The van der Waals surface area contributed by atoms with Gasteiger partial charge in [-0.15, -0.1) is 11.3 Å². The van der Waals surface area contributed by atoms with Gasteiger partial charge in [0.05, 0.1) is 37.0 Å². The van der Waals surface area contributed by atoms with Crippen LogP contribution in [0.5, 0.6) is 0 Å². The van der Waals surface area contributed by atoms with Crippen molar-refractivity contribution in [2.45, 2.75) is 26.7 Å². The molecule has 0 saturated heterocycles. The Labute approximate surface area is 159 Å². The van der Waals surface area contributed by atoms with E-state index >= 15 is 0 Å². The molecule has 0 aromatic carbocycles. The predicted octanol–water partition coefficient (Wildman–Crippen LogP) is 2.94. The summed E-state index contributed by atoms with van der Waals surface area (Å²) in [5, 5.41) is 5.23. The van der Waals surface area contributed by atoms with Crippen molar-refractivity contribution in [3.05, 3.63) is 44.5 Å². The first-order valence-electron chi connectivity index (χ1n) is 7.78. The first-order chi connectivity index (χ1) is 12.3. The second-order valence-electron chi connectivity index (χ2n) is 5.90. The highest BCUT2D eigenvalue weighted by Crippen LogP contribution is 2.42. The summed E-state index contributed by atoms with van der Waals surface area (Å²) < 4.78 is 11.8. The first-order valence-corrected chi connectivity index (χ1v) is 9.04. The van der Waals surface area contributed by atoms with Crippen molar-refractivity contribution in [2.24, 2.45) is 0 Å². The molecule has 1 N–H and O–H groups in total. The molecule has 0 fully saturated rings. The molecule has 0 aliphatic carbocycles. The number of hydrogen-bond donors (Lipinski definition) is 1. The summed E-state index contributed by atoms with van der Waals surface area (Å²) in [5.41, 5.74) is 3.22. The fourth-order valence-corrected chi connectivity index (χ4v) is 4.47. The number of allylic oxidation sites excluding steroid dienone is 2. The number of nitrogens with zero attached hydrogens (tertiary/aromatic N) is 2. The highest BCUT2D eigenvalue weighted by Gasteiger charge is 2.41. The Morgan fingerprint density at radius 3 is 2.19 bits per heavy atom. The number of imidazole rings is 1. The zero-order chi connectivity index (χ0) is 19.2. The van der Waals surface area contributed by atoms with Crippen molar-refractivity contribution in [1.82, 2.24) is 14.7 Å². The van der Waals surface area contributed by atoms with Crippen LogP contribution in [0, 0.1) is 6.92 Å². The maximum Gasteiger partial charge on any atom is 0.336 e. The molecule has 2 aromatic heterocycles. The zero-order valence-corrected chi connectivity index (χ0v) is 16.5. The summed E-state index contributed by atoms with van der Waals surface area (Å²) >= 11 is 7.87. The van der Waals surface area contributed by atoms with E-state index < -0.39 is 17.9 Å². The van der Waals surface area contributed by atoms with Gasteiger partial charge in [0.25, 0.3) is 0 Å². The van der Waals surface area contributed by atoms with Crippen molar-refractivity contribution < 1.29 is 19.1 Å². The highest BCUT2D eigenvalue weighted by molar-refractivity contribution is 7.15. The highest BCUT2D eigenvalue weighted by atomic mass is 35.5. The van der Waals surface area contributed by atoms with Gasteiger partial charge in [0.15, 0.2) is 10.1 Å². The van der Waals surface area contributed by atoms with E-state index in [0.29, 0.717) is 33.2 Å². The average Bonchev–Trinajstić information content (AvgIpc) is 3.11. The summed E-state index contributed by atoms with van der Waals surface area (Å²) in [6.45, 7) is 5.42. The Hall–Kier alpha value is -2.32. The minimum Gasteiger partial charge on any atom is -0.466 e. The van der Waals surface area contributed by atoms with Gasteiger partial charge in [-0.05, 0) is 20.8 Å². The van der Waals surface area contributed by atoms with Gasteiger partial charge in [0.2, 0.25) is 0 Å². The van der Waals surface area contributed by atoms with Crippen LogP contribution in [-0.2, 0) is 19.1 Å². The standard InChI is InChI=1S/C17H18ClN3O4S/c1-7-6-26-17-20-14(18)13(21(7)17)12-10(15(22)24-4)8(2)19-9(3)11(12)16(23)25-5/h6,12,19H,1-5H3. The lowest BCUT2D eigenvalue weighted by Gasteiger charge is -2.29. The fourth-order valence-electron chi connectivity index (χ4n) is 3.27. The maximum absolute atomic E-state index is 12.6. The van der Waals surface area contributed by atoms with E-state index in [0.717, 1.165) is 5.69 Å². The Morgan fingerprint density at radius 2 is 1.69 bits per heavy atom. The van der Waals surface area contributed by atoms with Crippen molar-refractivity contribution in [1.29, 1.82) is 0 Å². The topological polar surface area (TPSA) is 81.9 Å². The number of ether oxygens (including phenoxy) is 2. The number of aryl methyl sites for hydroxylation is 1. The predicted molar refractivity (Wildman–Crippen MR) is 98.1 cm³/mol. The molecule has 0 radical (unpaired) electrons. The van der Waals surface area contributed by atoms with Crippen LogP contribution in [0.4, 0.5) is 0 Å². The number of carbonyl (C=O) groups excluding carboxylic acids is 2. The number of rotatable bonds is 3. The van der Waals surface area contributed by atoms with Gasteiger partial charge >= 0.3 is 11.9 Å². The largest absolute Gasteiger partial charge is 0.466 e. The van der Waals surface area contributed by atoms with Crippen molar-refractivity contribution >= 4 is 39.8 Å². The maximum atomic E-state index is 12.6. The number of esters is 2. The number of aromatic nitrogens is 2. The van der Waals surface area contributed by atoms with E-state index in [1.807, 2.05) is 16.7 Å². The van der Waals surface area contributed by atoms with Gasteiger partial charge in [-0.3, -0.25) is 4.40 Å². The minimum absolute atomic E-state index is 0.232. The number of dihydropyridines is 1. The average molecular weight is 396 g/mol. The Kier molecular flexibility index (Phi) is 4.81. The fraction of sp³-hybridized carbons (Fsp3) is 0.353. The molecule has 7 nitrogen and oxygen atoms in total. The first kappa shape index (κ1) is 18.5. The number of fused-ring (bicyclic) bond motifs is 1. The molecule has 0 saturated carbocycles. The molecule has 0 atom stereocenters. The lowest BCUT2D eigenvalue weighted by atomic mass is 9.83. The van der Waals surface area contributed by atoms with Crippen LogP contribution in [0.3, 0.4) is 0 Å². The minimum atomic E-state index is -0.757. The van der Waals surface area contributed by atoms with Gasteiger partial charge in [-0.1, -0.05) is 11.6 Å². The van der Waals surface area contributed by atoms with Gasteiger partial charge in [0.1, 0.15) is 0 Å². The lowest BCUT2D eigenvalue weighted by Crippen LogP contribution is -2.32. The van der Waals surface area contributed by atoms with E-state index in [2.05, 4.69) is 10.3 Å². The molecule has 138 valence electrons. The van der Waals surface area contributed by atoms with Crippen molar-refractivity contribution in [3.8, 4) is 0 Å². The van der Waals surface area contributed by atoms with Gasteiger partial charge in [-0.2, -0.15) is 0 Å². The molecule has 9 heteroatoms. The van der Waals surface area contributed by atoms with Crippen LogP contribution in [0.1, 0.15) is 31.2 Å². The van der Waals surface area contributed by atoms with Crippen molar-refractivity contribution in [2.75, 3.05) is 14.2 Å². The summed E-state index contributed by atoms with van der Waals surface area (Å²) in [4.78, 5) is 30.2. The molecule has 1 aliphatic heterocycles. The number of nitrogens with one attached hydrogen (secondary N) is 1. The molecule has 1 aliphatic rings. The molecule has 0 amide bonds. The summed E-state index contributed by atoms with van der Waals surface area (Å²) in [6.07, 6.45) is 0. The number of thiazole rings is 1. The van der Waals surface area contributed by atoms with Crippen LogP contribution in [-0.4, -0.2) is 35.5 Å². The third kappa shape index (κ3) is 2.69. The summed E-state index contributed by atoms with van der Waals surface area (Å²) in [6, 6.07) is 0. The van der Waals surface area contributed by atoms with E-state index in [4.69, 9.17) is 21.1 Å². The van der Waals surface area contributed by atoms with Crippen LogP contribution < -0.4 is 5.32 Å². The van der Waals surface area contributed by atoms with Crippen LogP contribution in [0.25, 0.3) is 4.96 Å².